The van der Waals surface area contributed by atoms with Crippen LogP contribution in [-0.4, -0.2) is 12.0 Å². The molecule has 0 bridgehead atoms. The highest BCUT2D eigenvalue weighted by molar-refractivity contribution is 5.92. The molecule has 1 saturated carbocycles. The largest absolute Gasteiger partial charge is 0.365 e. The number of ether oxygens (including phenoxy) is 1. The van der Waals surface area contributed by atoms with Crippen LogP contribution in [0.3, 0.4) is 0 Å². The number of pyridine rings is 1. The van der Waals surface area contributed by atoms with E-state index in [2.05, 4.69) is 0 Å². The van der Waals surface area contributed by atoms with Crippen molar-refractivity contribution in [2.24, 2.45) is 5.73 Å². The second-order valence-corrected chi connectivity index (χ2v) is 4.88. The second-order valence-electron chi connectivity index (χ2n) is 4.88. The first-order chi connectivity index (χ1) is 8.75. The van der Waals surface area contributed by atoms with Gasteiger partial charge in [0, 0.05) is 6.07 Å². The van der Waals surface area contributed by atoms with Gasteiger partial charge in [-0.2, -0.15) is 4.57 Å². The zero-order valence-corrected chi connectivity index (χ0v) is 10.7. The van der Waals surface area contributed by atoms with E-state index in [1.165, 1.54) is 25.7 Å². The molecule has 1 heterocycles. The van der Waals surface area contributed by atoms with Crippen molar-refractivity contribution in [2.45, 2.75) is 51.4 Å². The first-order valence-electron chi connectivity index (χ1n) is 6.66. The van der Waals surface area contributed by atoms with Crippen LogP contribution in [0, 0.1) is 0 Å². The molecule has 98 valence electrons. The lowest BCUT2D eigenvalue weighted by molar-refractivity contribution is -0.735. The van der Waals surface area contributed by atoms with Gasteiger partial charge < -0.3 is 10.5 Å². The zero-order chi connectivity index (χ0) is 12.8. The highest BCUT2D eigenvalue weighted by atomic mass is 16.5. The minimum absolute atomic E-state index is 0.359. The number of hydrogen-bond donors (Lipinski definition) is 1. The molecule has 1 fully saturated rings. The van der Waals surface area contributed by atoms with Crippen molar-refractivity contribution in [3.63, 3.8) is 0 Å². The van der Waals surface area contributed by atoms with Crippen molar-refractivity contribution in [3.05, 3.63) is 30.1 Å². The van der Waals surface area contributed by atoms with Gasteiger partial charge in [0.15, 0.2) is 12.4 Å². The number of hydrogen-bond acceptors (Lipinski definition) is 2. The summed E-state index contributed by atoms with van der Waals surface area (Å²) in [6.07, 6.45) is 11.5. The molecule has 2 rings (SSSR count). The average molecular weight is 249 g/mol. The summed E-state index contributed by atoms with van der Waals surface area (Å²) in [4.78, 5) is 11.1. The van der Waals surface area contributed by atoms with Crippen molar-refractivity contribution < 1.29 is 14.1 Å². The summed E-state index contributed by atoms with van der Waals surface area (Å²) in [7, 11) is 0. The lowest BCUT2D eigenvalue weighted by atomic mass is 10.2. The summed E-state index contributed by atoms with van der Waals surface area (Å²) in [5, 5.41) is 0. The second kappa shape index (κ2) is 6.50. The van der Waals surface area contributed by atoms with Crippen LogP contribution >= 0.6 is 0 Å². The summed E-state index contributed by atoms with van der Waals surface area (Å²) in [5.41, 5.74) is 5.76. The van der Waals surface area contributed by atoms with Crippen LogP contribution in [-0.2, 0) is 11.5 Å². The first kappa shape index (κ1) is 13.0. The molecular weight excluding hydrogens is 228 g/mol. The summed E-state index contributed by atoms with van der Waals surface area (Å²) in [6.45, 7) is 0.492. The van der Waals surface area contributed by atoms with Gasteiger partial charge >= 0.3 is 0 Å². The van der Waals surface area contributed by atoms with Crippen LogP contribution in [0.25, 0.3) is 0 Å². The molecule has 4 nitrogen and oxygen atoms in total. The third-order valence-corrected chi connectivity index (χ3v) is 3.40. The molecule has 0 radical (unpaired) electrons. The van der Waals surface area contributed by atoms with Crippen molar-refractivity contribution in [2.75, 3.05) is 0 Å². The molecule has 0 aliphatic heterocycles. The summed E-state index contributed by atoms with van der Waals surface area (Å²) >= 11 is 0. The molecule has 1 aromatic rings. The number of amides is 1. The van der Waals surface area contributed by atoms with Crippen molar-refractivity contribution in [1.82, 2.24) is 0 Å². The fraction of sp³-hybridized carbons (Fsp3) is 0.571. The molecule has 0 spiro atoms. The number of primary amides is 1. The van der Waals surface area contributed by atoms with Gasteiger partial charge in [-0.25, -0.2) is 0 Å². The van der Waals surface area contributed by atoms with Gasteiger partial charge in [0.2, 0.25) is 0 Å². The Hall–Kier alpha value is -1.42. The van der Waals surface area contributed by atoms with E-state index in [1.54, 1.807) is 12.3 Å². The van der Waals surface area contributed by atoms with Gasteiger partial charge in [-0.15, -0.1) is 0 Å². The lowest BCUT2D eigenvalue weighted by Crippen LogP contribution is -2.37. The van der Waals surface area contributed by atoms with E-state index in [9.17, 15) is 4.79 Å². The van der Waals surface area contributed by atoms with Crippen LogP contribution in [0.15, 0.2) is 24.5 Å². The summed E-state index contributed by atoms with van der Waals surface area (Å²) < 4.78 is 7.76. The Morgan fingerprint density at radius 2 is 2.06 bits per heavy atom. The number of rotatable bonds is 4. The molecule has 0 aromatic carbocycles. The number of carbonyl (C=O) groups is 1. The first-order valence-corrected chi connectivity index (χ1v) is 6.66. The molecule has 0 atom stereocenters. The highest BCUT2D eigenvalue weighted by Crippen LogP contribution is 2.19. The minimum Gasteiger partial charge on any atom is -0.365 e. The fourth-order valence-corrected chi connectivity index (χ4v) is 2.35. The maximum absolute atomic E-state index is 11.1. The van der Waals surface area contributed by atoms with Gasteiger partial charge in [0.1, 0.15) is 5.56 Å². The van der Waals surface area contributed by atoms with Gasteiger partial charge in [-0.1, -0.05) is 25.7 Å². The van der Waals surface area contributed by atoms with Crippen LogP contribution in [0.1, 0.15) is 48.9 Å². The van der Waals surface area contributed by atoms with Crippen molar-refractivity contribution in [1.29, 1.82) is 0 Å². The average Bonchev–Trinajstić information content (AvgIpc) is 2.65. The molecule has 1 amide bonds. The van der Waals surface area contributed by atoms with Gasteiger partial charge in [0.25, 0.3) is 12.6 Å². The topological polar surface area (TPSA) is 56.2 Å². The molecular formula is C14H21N2O2+. The Morgan fingerprint density at radius 1 is 1.33 bits per heavy atom. The normalized spacial score (nSPS) is 17.3. The minimum atomic E-state index is -0.404. The molecule has 4 heteroatoms. The zero-order valence-electron chi connectivity index (χ0n) is 10.7. The Balaban J connectivity index is 1.88. The van der Waals surface area contributed by atoms with Gasteiger partial charge in [-0.05, 0) is 18.9 Å². The number of carbonyl (C=O) groups excluding carboxylic acids is 1. The summed E-state index contributed by atoms with van der Waals surface area (Å²) in [5.74, 6) is -0.404. The monoisotopic (exact) mass is 249 g/mol. The molecule has 0 saturated heterocycles. The Morgan fingerprint density at radius 3 is 2.72 bits per heavy atom. The van der Waals surface area contributed by atoms with E-state index >= 15 is 0 Å². The SMILES string of the molecule is NC(=O)c1ccc[n+](COC2CCCCCC2)c1. The van der Waals surface area contributed by atoms with Crippen LogP contribution in [0.2, 0.25) is 0 Å². The predicted molar refractivity (Wildman–Crippen MR) is 67.7 cm³/mol. The summed E-state index contributed by atoms with van der Waals surface area (Å²) in [6, 6.07) is 3.53. The molecule has 1 aliphatic carbocycles. The molecule has 2 N–H and O–H groups in total. The van der Waals surface area contributed by atoms with E-state index < -0.39 is 5.91 Å². The molecule has 18 heavy (non-hydrogen) atoms. The predicted octanol–water partition coefficient (Wildman–Crippen LogP) is 1.77. The number of aromatic nitrogens is 1. The third kappa shape index (κ3) is 3.81. The van der Waals surface area contributed by atoms with E-state index in [4.69, 9.17) is 10.5 Å². The maximum atomic E-state index is 11.1. The van der Waals surface area contributed by atoms with Crippen molar-refractivity contribution in [3.8, 4) is 0 Å². The maximum Gasteiger partial charge on any atom is 0.254 e. The van der Waals surface area contributed by atoms with Gasteiger partial charge in [-0.3, -0.25) is 4.79 Å². The third-order valence-electron chi connectivity index (χ3n) is 3.40. The van der Waals surface area contributed by atoms with Crippen molar-refractivity contribution >= 4 is 5.91 Å². The van der Waals surface area contributed by atoms with Gasteiger partial charge in [0.05, 0.1) is 6.10 Å². The van der Waals surface area contributed by atoms with E-state index in [0.717, 1.165) is 12.8 Å². The van der Waals surface area contributed by atoms with E-state index in [0.29, 0.717) is 18.4 Å². The number of nitrogens with two attached hydrogens (primary N) is 1. The molecule has 1 aliphatic rings. The smallest absolute Gasteiger partial charge is 0.254 e. The lowest BCUT2D eigenvalue weighted by Gasteiger charge is -2.12. The fourth-order valence-electron chi connectivity index (χ4n) is 2.35. The molecule has 0 unspecified atom stereocenters. The Kier molecular flexibility index (Phi) is 4.70. The van der Waals surface area contributed by atoms with E-state index in [-0.39, 0.29) is 0 Å². The Labute approximate surface area is 108 Å². The van der Waals surface area contributed by atoms with E-state index in [1.807, 2.05) is 16.8 Å². The molecule has 1 aromatic heterocycles. The standard InChI is InChI=1S/C14H20N2O2/c15-14(17)12-6-5-9-16(10-12)11-18-13-7-3-1-2-4-8-13/h5-6,9-10,13H,1-4,7-8,11H2,(H-,15,17)/p+1. The highest BCUT2D eigenvalue weighted by Gasteiger charge is 2.15. The number of nitrogens with zero attached hydrogens (tertiary/aromatic N) is 1. The quantitative estimate of drug-likeness (QED) is 0.653. The van der Waals surface area contributed by atoms with Crippen LogP contribution < -0.4 is 10.3 Å². The van der Waals surface area contributed by atoms with Crippen LogP contribution in [0.4, 0.5) is 0 Å². The van der Waals surface area contributed by atoms with Crippen LogP contribution in [0.5, 0.6) is 0 Å². The Bertz CT molecular complexity index is 399.